The maximum Gasteiger partial charge on any atom is 0.509 e. The zero-order valence-corrected chi connectivity index (χ0v) is 32.4. The zero-order chi connectivity index (χ0) is 39.0. The number of rotatable bonds is 7. The number of hydrogen-bond donors (Lipinski definition) is 1. The van der Waals surface area contributed by atoms with Crippen molar-refractivity contribution in [3.8, 4) is 0 Å². The Bertz CT molecular complexity index is 1480. The van der Waals surface area contributed by atoms with Gasteiger partial charge in [-0.3, -0.25) is 14.6 Å². The largest absolute Gasteiger partial charge is 0.509 e. The fourth-order valence-electron chi connectivity index (χ4n) is 8.88. The molecule has 4 aliphatic rings. The molecule has 5 rings (SSSR count). The zero-order valence-electron chi connectivity index (χ0n) is 32.4. The third kappa shape index (κ3) is 8.42. The minimum absolute atomic E-state index is 0.141. The van der Waals surface area contributed by atoms with E-state index in [1.54, 1.807) is 66.1 Å². The van der Waals surface area contributed by atoms with Crippen molar-refractivity contribution in [1.29, 1.82) is 0 Å². The molecule has 0 radical (unpaired) electrons. The predicted octanol–water partition coefficient (Wildman–Crippen LogP) is 4.21. The van der Waals surface area contributed by atoms with Gasteiger partial charge in [0.25, 0.3) is 0 Å². The smallest absolute Gasteiger partial charge is 0.461 e. The number of aromatic nitrogens is 1. The van der Waals surface area contributed by atoms with E-state index in [1.807, 2.05) is 32.8 Å². The topological polar surface area (TPSA) is 178 Å². The van der Waals surface area contributed by atoms with E-state index in [1.165, 1.54) is 0 Å². The van der Waals surface area contributed by atoms with Crippen LogP contribution in [0.1, 0.15) is 80.2 Å². The molecule has 0 spiro atoms. The van der Waals surface area contributed by atoms with Crippen LogP contribution in [0.15, 0.2) is 24.5 Å². The van der Waals surface area contributed by atoms with E-state index in [2.05, 4.69) is 4.98 Å². The number of ether oxygens (including phenoxy) is 8. The Balaban J connectivity index is 1.63. The summed E-state index contributed by atoms with van der Waals surface area (Å²) in [5, 5.41) is 11.6. The van der Waals surface area contributed by atoms with E-state index in [9.17, 15) is 24.3 Å². The number of aliphatic hydroxyl groups is 1. The maximum atomic E-state index is 14.2. The molecule has 1 N–H and O–H groups in total. The molecule has 4 fully saturated rings. The molecule has 5 heterocycles. The molecule has 0 saturated carbocycles. The minimum Gasteiger partial charge on any atom is -0.461 e. The highest BCUT2D eigenvalue weighted by atomic mass is 16.8. The van der Waals surface area contributed by atoms with Crippen LogP contribution in [0.3, 0.4) is 0 Å². The lowest BCUT2D eigenvalue weighted by atomic mass is 9.73. The van der Waals surface area contributed by atoms with Gasteiger partial charge in [-0.15, -0.1) is 0 Å². The number of carbonyl (C=O) groups excluding carboxylic acids is 4. The Morgan fingerprint density at radius 1 is 1.02 bits per heavy atom. The Morgan fingerprint density at radius 2 is 1.72 bits per heavy atom. The molecule has 296 valence electrons. The average Bonchev–Trinajstić information content (AvgIpc) is 3.34. The summed E-state index contributed by atoms with van der Waals surface area (Å²) in [5.41, 5.74) is -2.34. The van der Waals surface area contributed by atoms with E-state index in [-0.39, 0.29) is 31.4 Å². The fraction of sp³-hybridized carbons (Fsp3) is 0.763. The quantitative estimate of drug-likeness (QED) is 0.310. The first-order chi connectivity index (χ1) is 24.9. The molecule has 0 aromatic carbocycles. The van der Waals surface area contributed by atoms with Gasteiger partial charge in [-0.1, -0.05) is 33.8 Å². The van der Waals surface area contributed by atoms with Gasteiger partial charge in [0.2, 0.25) is 0 Å². The number of esters is 2. The molecular weight excluding hydrogens is 692 g/mol. The highest BCUT2D eigenvalue weighted by Gasteiger charge is 2.61. The van der Waals surface area contributed by atoms with Crippen LogP contribution in [0.25, 0.3) is 0 Å². The Labute approximate surface area is 311 Å². The molecule has 2 bridgehead atoms. The number of cyclic esters (lactones) is 1. The lowest BCUT2D eigenvalue weighted by Gasteiger charge is -2.47. The molecule has 1 aromatic heterocycles. The van der Waals surface area contributed by atoms with Gasteiger partial charge in [0, 0.05) is 30.3 Å². The van der Waals surface area contributed by atoms with E-state index >= 15 is 0 Å². The van der Waals surface area contributed by atoms with Crippen LogP contribution in [0.5, 0.6) is 0 Å². The summed E-state index contributed by atoms with van der Waals surface area (Å²) >= 11 is 0. The summed E-state index contributed by atoms with van der Waals surface area (Å²) < 4.78 is 48.9. The fourth-order valence-corrected chi connectivity index (χ4v) is 8.88. The molecule has 1 unspecified atom stereocenters. The van der Waals surface area contributed by atoms with Crippen LogP contribution in [0, 0.1) is 23.7 Å². The van der Waals surface area contributed by atoms with Crippen molar-refractivity contribution >= 4 is 24.2 Å². The Hall–Kier alpha value is -3.53. The van der Waals surface area contributed by atoms with Crippen molar-refractivity contribution in [3.63, 3.8) is 0 Å². The number of likely N-dealkylation sites (N-methyl/N-ethyl adjacent to an activating group) is 1. The van der Waals surface area contributed by atoms with Crippen molar-refractivity contribution in [2.75, 3.05) is 14.1 Å². The molecule has 0 aliphatic carbocycles. The van der Waals surface area contributed by atoms with Crippen LogP contribution in [-0.4, -0.2) is 120 Å². The van der Waals surface area contributed by atoms with Crippen LogP contribution >= 0.6 is 0 Å². The standard InChI is InChI=1S/C38H56N2O13/c1-11-26-38(8)32(51-36(45)53-38)21(4)29-19(2)17-37(7,52-35(44)49-29)31(50-34-28(42)25(40(9)10)15-20(3)46-34)22(5)30(23(6)33(43)47-26)48-27(41)16-24-13-12-14-39-18-24/h12-14,18-23,25-26,28-32,34,42H,11,15-17H2,1-10H3/t19-,20-,21+,22+,23-,25+,26-,28-,29+,30+,31-,32-,34?,37-,38-/m1/s1. The molecule has 0 amide bonds. The van der Waals surface area contributed by atoms with E-state index in [0.29, 0.717) is 12.0 Å². The van der Waals surface area contributed by atoms with Gasteiger partial charge in [-0.2, -0.15) is 0 Å². The second-order valence-electron chi connectivity index (χ2n) is 16.0. The van der Waals surface area contributed by atoms with Crippen LogP contribution in [0.4, 0.5) is 9.59 Å². The second-order valence-corrected chi connectivity index (χ2v) is 16.0. The maximum absolute atomic E-state index is 14.2. The molecule has 4 saturated heterocycles. The molecule has 4 aliphatic heterocycles. The summed E-state index contributed by atoms with van der Waals surface area (Å²) in [7, 11) is 3.71. The third-order valence-corrected chi connectivity index (χ3v) is 11.6. The second kappa shape index (κ2) is 16.1. The van der Waals surface area contributed by atoms with E-state index < -0.39 is 102 Å². The highest BCUT2D eigenvalue weighted by molar-refractivity contribution is 5.76. The van der Waals surface area contributed by atoms with E-state index in [0.717, 1.165) is 0 Å². The molecule has 53 heavy (non-hydrogen) atoms. The van der Waals surface area contributed by atoms with Gasteiger partial charge in [-0.05, 0) is 78.6 Å². The van der Waals surface area contributed by atoms with Crippen LogP contribution < -0.4 is 0 Å². The van der Waals surface area contributed by atoms with Gasteiger partial charge in [0.1, 0.15) is 36.1 Å². The van der Waals surface area contributed by atoms with Crippen molar-refractivity contribution in [1.82, 2.24) is 9.88 Å². The number of nitrogens with zero attached hydrogens (tertiary/aromatic N) is 2. The lowest BCUT2D eigenvalue weighted by molar-refractivity contribution is -0.298. The predicted molar refractivity (Wildman–Crippen MR) is 186 cm³/mol. The van der Waals surface area contributed by atoms with Gasteiger partial charge in [0.05, 0.1) is 18.4 Å². The van der Waals surface area contributed by atoms with Gasteiger partial charge >= 0.3 is 24.2 Å². The molecular formula is C38H56N2O13. The van der Waals surface area contributed by atoms with Gasteiger partial charge in [-0.25, -0.2) is 9.59 Å². The number of fused-ring (bicyclic) bond motifs is 4. The van der Waals surface area contributed by atoms with Crippen molar-refractivity contribution in [2.24, 2.45) is 23.7 Å². The summed E-state index contributed by atoms with van der Waals surface area (Å²) in [6.45, 7) is 14.0. The van der Waals surface area contributed by atoms with Crippen molar-refractivity contribution in [2.45, 2.75) is 147 Å². The minimum atomic E-state index is -1.48. The van der Waals surface area contributed by atoms with Gasteiger partial charge in [0.15, 0.2) is 18.0 Å². The SMILES string of the molecule is CC[C@H]1OC(=O)[C@H](C)[C@@H](OC(=O)Cc2cccnc2)[C@H](C)[C@@H](OC2O[C@H](C)C[C@H](N(C)C)[C@H]2O)[C@@]2(C)C[C@@H](C)[C@H](OC(=O)O2)[C@H](C)[C@H]2OC(=O)O[C@@]21C. The lowest BCUT2D eigenvalue weighted by Crippen LogP contribution is -2.60. The first kappa shape index (κ1) is 40.7. The third-order valence-electron chi connectivity index (χ3n) is 11.6. The Kier molecular flexibility index (Phi) is 12.3. The first-order valence-electron chi connectivity index (χ1n) is 18.6. The van der Waals surface area contributed by atoms with Crippen molar-refractivity contribution < 1.29 is 62.2 Å². The highest BCUT2D eigenvalue weighted by Crippen LogP contribution is 2.46. The summed E-state index contributed by atoms with van der Waals surface area (Å²) in [4.78, 5) is 60.4. The summed E-state index contributed by atoms with van der Waals surface area (Å²) in [6, 6.07) is 3.11. The molecule has 15 atom stereocenters. The summed E-state index contributed by atoms with van der Waals surface area (Å²) in [6.07, 6.45) is -5.73. The number of hydrogen-bond acceptors (Lipinski definition) is 15. The van der Waals surface area contributed by atoms with Crippen LogP contribution in [0.2, 0.25) is 0 Å². The number of aliphatic hydroxyl groups excluding tert-OH is 1. The summed E-state index contributed by atoms with van der Waals surface area (Å²) in [5.74, 6) is -4.40. The number of carbonyl (C=O) groups is 4. The molecule has 15 nitrogen and oxygen atoms in total. The molecule has 1 aromatic rings. The average molecular weight is 749 g/mol. The Morgan fingerprint density at radius 3 is 2.36 bits per heavy atom. The number of pyridine rings is 1. The van der Waals surface area contributed by atoms with Gasteiger partial charge < -0.3 is 47.9 Å². The molecule has 15 heteroatoms. The van der Waals surface area contributed by atoms with Crippen LogP contribution in [-0.2, 0) is 53.9 Å². The van der Waals surface area contributed by atoms with E-state index in [4.69, 9.17) is 37.9 Å². The van der Waals surface area contributed by atoms with Crippen molar-refractivity contribution in [3.05, 3.63) is 30.1 Å². The normalized spacial score (nSPS) is 42.2. The monoisotopic (exact) mass is 748 g/mol. The first-order valence-corrected chi connectivity index (χ1v) is 18.6.